The van der Waals surface area contributed by atoms with Crippen LogP contribution in [0.2, 0.25) is 5.02 Å². The van der Waals surface area contributed by atoms with E-state index >= 15 is 0 Å². The minimum Gasteiger partial charge on any atom is -0.337 e. The van der Waals surface area contributed by atoms with Gasteiger partial charge in [-0.2, -0.15) is 4.98 Å². The van der Waals surface area contributed by atoms with Crippen LogP contribution in [0.25, 0.3) is 11.4 Å². The first kappa shape index (κ1) is 18.3. The molecule has 144 valence electrons. The Bertz CT molecular complexity index is 788. The molecular formula is C20H25ClN4O2. The van der Waals surface area contributed by atoms with E-state index in [4.69, 9.17) is 16.1 Å². The zero-order valence-electron chi connectivity index (χ0n) is 15.4. The largest absolute Gasteiger partial charge is 0.337 e. The first-order valence-electron chi connectivity index (χ1n) is 9.87. The lowest BCUT2D eigenvalue weighted by atomic mass is 9.95. The normalized spacial score (nSPS) is 21.2. The molecule has 2 aliphatic rings. The Hall–Kier alpha value is -2.08. The third-order valence-electron chi connectivity index (χ3n) is 5.51. The SMILES string of the molecule is O=C(NC1CCCCC1)N1CCCC[C@@H]1c1nc(-c2cccc(Cl)c2)no1. The van der Waals surface area contributed by atoms with Crippen molar-refractivity contribution in [2.45, 2.75) is 63.5 Å². The molecule has 1 aliphatic heterocycles. The number of carbonyl (C=O) groups is 1. The number of hydrogen-bond donors (Lipinski definition) is 1. The molecule has 1 N–H and O–H groups in total. The molecule has 0 bridgehead atoms. The van der Waals surface area contributed by atoms with E-state index in [0.29, 0.717) is 22.8 Å². The predicted molar refractivity (Wildman–Crippen MR) is 103 cm³/mol. The predicted octanol–water partition coefficient (Wildman–Crippen LogP) is 4.96. The Balaban J connectivity index is 1.49. The Morgan fingerprint density at radius 2 is 1.96 bits per heavy atom. The Kier molecular flexibility index (Phi) is 5.62. The highest BCUT2D eigenvalue weighted by Crippen LogP contribution is 2.32. The average molecular weight is 389 g/mol. The van der Waals surface area contributed by atoms with E-state index < -0.39 is 0 Å². The van der Waals surface area contributed by atoms with Crippen LogP contribution >= 0.6 is 11.6 Å². The standard InChI is InChI=1S/C20H25ClN4O2/c21-15-8-6-7-14(13-15)18-23-19(27-24-18)17-11-4-5-12-25(17)20(26)22-16-9-2-1-3-10-16/h6-8,13,16-17H,1-5,9-12H2,(H,22,26)/t17-/m1/s1. The minimum absolute atomic E-state index is 0.00546. The fourth-order valence-electron chi connectivity index (χ4n) is 4.05. The monoisotopic (exact) mass is 388 g/mol. The topological polar surface area (TPSA) is 71.3 Å². The lowest BCUT2D eigenvalue weighted by Gasteiger charge is -2.35. The third-order valence-corrected chi connectivity index (χ3v) is 5.74. The van der Waals surface area contributed by atoms with Crippen LogP contribution in [0.3, 0.4) is 0 Å². The van der Waals surface area contributed by atoms with Crippen molar-refractivity contribution in [1.82, 2.24) is 20.4 Å². The van der Waals surface area contributed by atoms with Crippen molar-refractivity contribution in [3.63, 3.8) is 0 Å². The highest BCUT2D eigenvalue weighted by molar-refractivity contribution is 6.30. The van der Waals surface area contributed by atoms with Gasteiger partial charge in [0.25, 0.3) is 0 Å². The van der Waals surface area contributed by atoms with E-state index in [-0.39, 0.29) is 12.1 Å². The maximum Gasteiger partial charge on any atom is 0.318 e. The zero-order valence-corrected chi connectivity index (χ0v) is 16.1. The van der Waals surface area contributed by atoms with Gasteiger partial charge in [-0.3, -0.25) is 0 Å². The molecule has 2 fully saturated rings. The molecule has 1 aromatic heterocycles. The molecule has 4 rings (SSSR count). The minimum atomic E-state index is -0.164. The first-order valence-corrected chi connectivity index (χ1v) is 10.3. The number of halogens is 1. The number of rotatable bonds is 3. The van der Waals surface area contributed by atoms with Crippen molar-refractivity contribution < 1.29 is 9.32 Å². The molecule has 1 saturated heterocycles. The molecule has 1 aromatic carbocycles. The Labute approximate surface area is 164 Å². The Morgan fingerprint density at radius 3 is 2.78 bits per heavy atom. The molecule has 0 spiro atoms. The molecule has 1 atom stereocenters. The van der Waals surface area contributed by atoms with E-state index in [1.165, 1.54) is 19.3 Å². The summed E-state index contributed by atoms with van der Waals surface area (Å²) in [5.41, 5.74) is 0.812. The van der Waals surface area contributed by atoms with Gasteiger partial charge in [0, 0.05) is 23.2 Å². The van der Waals surface area contributed by atoms with Gasteiger partial charge >= 0.3 is 6.03 Å². The van der Waals surface area contributed by atoms with Crippen LogP contribution in [0.1, 0.15) is 63.3 Å². The van der Waals surface area contributed by atoms with Gasteiger partial charge in [0.2, 0.25) is 11.7 Å². The quantitative estimate of drug-likeness (QED) is 0.806. The molecule has 6 nitrogen and oxygen atoms in total. The van der Waals surface area contributed by atoms with Crippen molar-refractivity contribution in [3.8, 4) is 11.4 Å². The van der Waals surface area contributed by atoms with E-state index in [2.05, 4.69) is 15.5 Å². The van der Waals surface area contributed by atoms with Gasteiger partial charge in [-0.25, -0.2) is 4.79 Å². The number of amides is 2. The van der Waals surface area contributed by atoms with Gasteiger partial charge in [-0.1, -0.05) is 48.2 Å². The molecule has 1 saturated carbocycles. The number of benzene rings is 1. The molecule has 2 amide bonds. The van der Waals surface area contributed by atoms with Crippen molar-refractivity contribution in [1.29, 1.82) is 0 Å². The van der Waals surface area contributed by atoms with Gasteiger partial charge in [0.15, 0.2) is 0 Å². The highest BCUT2D eigenvalue weighted by Gasteiger charge is 2.33. The molecule has 0 radical (unpaired) electrons. The van der Waals surface area contributed by atoms with Gasteiger partial charge in [0.1, 0.15) is 6.04 Å². The molecule has 27 heavy (non-hydrogen) atoms. The molecule has 7 heteroatoms. The number of aromatic nitrogens is 2. The maximum absolute atomic E-state index is 12.9. The summed E-state index contributed by atoms with van der Waals surface area (Å²) in [6.45, 7) is 0.720. The molecule has 2 heterocycles. The highest BCUT2D eigenvalue weighted by atomic mass is 35.5. The van der Waals surface area contributed by atoms with Gasteiger partial charge in [-0.05, 0) is 44.2 Å². The summed E-state index contributed by atoms with van der Waals surface area (Å²) in [5.74, 6) is 1.01. The smallest absolute Gasteiger partial charge is 0.318 e. The van der Waals surface area contributed by atoms with Crippen LogP contribution in [0.15, 0.2) is 28.8 Å². The van der Waals surface area contributed by atoms with Gasteiger partial charge in [0.05, 0.1) is 0 Å². The summed E-state index contributed by atoms with van der Waals surface area (Å²) in [5, 5.41) is 7.95. The van der Waals surface area contributed by atoms with Crippen molar-refractivity contribution in [2.24, 2.45) is 0 Å². The fourth-order valence-corrected chi connectivity index (χ4v) is 4.24. The summed E-state index contributed by atoms with van der Waals surface area (Å²) < 4.78 is 5.54. The average Bonchev–Trinajstić information content (AvgIpc) is 3.19. The van der Waals surface area contributed by atoms with Crippen LogP contribution < -0.4 is 5.32 Å². The fraction of sp³-hybridized carbons (Fsp3) is 0.550. The molecule has 2 aromatic rings. The summed E-state index contributed by atoms with van der Waals surface area (Å²) in [4.78, 5) is 19.3. The van der Waals surface area contributed by atoms with Gasteiger partial charge in [-0.15, -0.1) is 0 Å². The molecule has 0 unspecified atom stereocenters. The van der Waals surface area contributed by atoms with Crippen LogP contribution in [0, 0.1) is 0 Å². The number of nitrogens with zero attached hydrogens (tertiary/aromatic N) is 3. The van der Waals surface area contributed by atoms with E-state index in [0.717, 1.165) is 44.2 Å². The van der Waals surface area contributed by atoms with E-state index in [1.807, 2.05) is 29.2 Å². The summed E-state index contributed by atoms with van der Waals surface area (Å²) in [6, 6.07) is 7.50. The van der Waals surface area contributed by atoms with Crippen molar-refractivity contribution in [2.75, 3.05) is 6.54 Å². The number of nitrogens with one attached hydrogen (secondary N) is 1. The van der Waals surface area contributed by atoms with Crippen molar-refractivity contribution >= 4 is 17.6 Å². The Morgan fingerprint density at radius 1 is 1.15 bits per heavy atom. The second kappa shape index (κ2) is 8.30. The lowest BCUT2D eigenvalue weighted by Crippen LogP contribution is -2.48. The number of piperidine rings is 1. The number of urea groups is 1. The first-order chi connectivity index (χ1) is 13.2. The summed E-state index contributed by atoms with van der Waals surface area (Å²) >= 11 is 6.06. The number of carbonyl (C=O) groups excluding carboxylic acids is 1. The molecular weight excluding hydrogens is 364 g/mol. The lowest BCUT2D eigenvalue weighted by molar-refractivity contribution is 0.127. The maximum atomic E-state index is 12.9. The van der Waals surface area contributed by atoms with Crippen LogP contribution in [-0.4, -0.2) is 33.7 Å². The zero-order chi connectivity index (χ0) is 18.6. The third kappa shape index (κ3) is 4.26. The second-order valence-corrected chi connectivity index (χ2v) is 7.89. The number of hydrogen-bond acceptors (Lipinski definition) is 4. The van der Waals surface area contributed by atoms with E-state index in [9.17, 15) is 4.79 Å². The van der Waals surface area contributed by atoms with Crippen molar-refractivity contribution in [3.05, 3.63) is 35.2 Å². The van der Waals surface area contributed by atoms with Crippen LogP contribution in [0.4, 0.5) is 4.79 Å². The molecule has 1 aliphatic carbocycles. The van der Waals surface area contributed by atoms with Gasteiger partial charge < -0.3 is 14.7 Å². The van der Waals surface area contributed by atoms with Crippen LogP contribution in [0.5, 0.6) is 0 Å². The number of likely N-dealkylation sites (tertiary alicyclic amines) is 1. The second-order valence-electron chi connectivity index (χ2n) is 7.46. The summed E-state index contributed by atoms with van der Waals surface area (Å²) in [7, 11) is 0. The van der Waals surface area contributed by atoms with E-state index in [1.54, 1.807) is 0 Å². The summed E-state index contributed by atoms with van der Waals surface area (Å²) in [6.07, 6.45) is 8.70. The van der Waals surface area contributed by atoms with Crippen LogP contribution in [-0.2, 0) is 0 Å².